The highest BCUT2D eigenvalue weighted by Crippen LogP contribution is 2.35. The maximum atomic E-state index is 12.4. The van der Waals surface area contributed by atoms with Crippen molar-refractivity contribution in [2.24, 2.45) is 0 Å². The molecule has 0 aliphatic carbocycles. The summed E-state index contributed by atoms with van der Waals surface area (Å²) in [4.78, 5) is 7.08. The van der Waals surface area contributed by atoms with Gasteiger partial charge in [-0.15, -0.1) is 11.6 Å². The van der Waals surface area contributed by atoms with Gasteiger partial charge >= 0.3 is 12.1 Å². The molecular formula is C8H6ClF5N2O. The van der Waals surface area contributed by atoms with Gasteiger partial charge in [0.2, 0.25) is 5.88 Å². The molecule has 9 heteroatoms. The van der Waals surface area contributed by atoms with Gasteiger partial charge in [-0.05, 0) is 0 Å². The van der Waals surface area contributed by atoms with Crippen LogP contribution in [0.15, 0.2) is 12.4 Å². The molecule has 1 rings (SSSR count). The van der Waals surface area contributed by atoms with Crippen molar-refractivity contribution in [1.29, 1.82) is 0 Å². The fraction of sp³-hybridized carbons (Fsp3) is 0.500. The van der Waals surface area contributed by atoms with Crippen LogP contribution >= 0.6 is 11.6 Å². The third kappa shape index (κ3) is 3.65. The predicted octanol–water partition coefficient (Wildman–Crippen LogP) is 2.79. The van der Waals surface area contributed by atoms with E-state index in [2.05, 4.69) is 14.7 Å². The lowest BCUT2D eigenvalue weighted by Crippen LogP contribution is -2.41. The molecule has 3 nitrogen and oxygen atoms in total. The minimum absolute atomic E-state index is 0.0476. The number of halogens is 6. The molecule has 1 aromatic heterocycles. The van der Waals surface area contributed by atoms with Crippen LogP contribution in [0.4, 0.5) is 22.0 Å². The van der Waals surface area contributed by atoms with Crippen LogP contribution in [0.3, 0.4) is 0 Å². The summed E-state index contributed by atoms with van der Waals surface area (Å²) in [5.41, 5.74) is 0.349. The van der Waals surface area contributed by atoms with E-state index < -0.39 is 24.6 Å². The largest absolute Gasteiger partial charge is 0.470 e. The molecule has 0 N–H and O–H groups in total. The van der Waals surface area contributed by atoms with Gasteiger partial charge < -0.3 is 4.74 Å². The number of alkyl halides is 6. The molecule has 17 heavy (non-hydrogen) atoms. The first kappa shape index (κ1) is 13.9. The zero-order valence-corrected chi connectivity index (χ0v) is 8.90. The first-order chi connectivity index (χ1) is 7.76. The number of ether oxygens (including phenoxy) is 1. The Labute approximate surface area is 97.6 Å². The number of nitrogens with zero attached hydrogens (tertiary/aromatic N) is 2. The fourth-order valence-corrected chi connectivity index (χ4v) is 0.871. The summed E-state index contributed by atoms with van der Waals surface area (Å²) in [5.74, 6) is -5.31. The van der Waals surface area contributed by atoms with Crippen molar-refractivity contribution < 1.29 is 26.7 Å². The van der Waals surface area contributed by atoms with Crippen LogP contribution in [0.1, 0.15) is 5.69 Å². The fourth-order valence-electron chi connectivity index (χ4n) is 0.733. The highest BCUT2D eigenvalue weighted by molar-refractivity contribution is 6.16. The lowest BCUT2D eigenvalue weighted by atomic mass is 10.3. The summed E-state index contributed by atoms with van der Waals surface area (Å²) in [5, 5.41) is 0. The van der Waals surface area contributed by atoms with Crippen molar-refractivity contribution in [2.45, 2.75) is 18.0 Å². The van der Waals surface area contributed by atoms with Crippen molar-refractivity contribution >= 4 is 11.6 Å². The highest BCUT2D eigenvalue weighted by Gasteiger charge is 2.58. The molecule has 0 spiro atoms. The molecular weight excluding hydrogens is 271 g/mol. The Bertz CT molecular complexity index is 367. The summed E-state index contributed by atoms with van der Waals surface area (Å²) >= 11 is 5.38. The third-order valence-corrected chi connectivity index (χ3v) is 1.91. The van der Waals surface area contributed by atoms with E-state index in [9.17, 15) is 22.0 Å². The smallest absolute Gasteiger partial charge is 0.456 e. The Kier molecular flexibility index (Phi) is 4.07. The van der Waals surface area contributed by atoms with Gasteiger partial charge in [-0.25, -0.2) is 4.98 Å². The standard InChI is InChI=1S/C8H6ClF5N2O/c9-1-5-2-16-6(3-15-5)17-4-7(10,11)8(12,13)14/h2-3H,1,4H2. The van der Waals surface area contributed by atoms with E-state index in [-0.39, 0.29) is 5.88 Å². The maximum Gasteiger partial charge on any atom is 0.456 e. The Morgan fingerprint density at radius 2 is 1.76 bits per heavy atom. The van der Waals surface area contributed by atoms with Gasteiger partial charge in [0.05, 0.1) is 24.0 Å². The maximum absolute atomic E-state index is 12.4. The molecule has 0 radical (unpaired) electrons. The Balaban J connectivity index is 2.61. The highest BCUT2D eigenvalue weighted by atomic mass is 35.5. The first-order valence-corrected chi connectivity index (χ1v) is 4.74. The van der Waals surface area contributed by atoms with E-state index in [1.165, 1.54) is 0 Å². The second kappa shape index (κ2) is 4.99. The normalized spacial score (nSPS) is 12.6. The molecule has 0 unspecified atom stereocenters. The molecule has 0 saturated heterocycles. The monoisotopic (exact) mass is 276 g/mol. The van der Waals surface area contributed by atoms with Crippen molar-refractivity contribution in [1.82, 2.24) is 9.97 Å². The number of rotatable bonds is 4. The zero-order valence-electron chi connectivity index (χ0n) is 8.14. The summed E-state index contributed by atoms with van der Waals surface area (Å²) in [6.45, 7) is -1.84. The number of hydrogen-bond donors (Lipinski definition) is 0. The summed E-state index contributed by atoms with van der Waals surface area (Å²) in [6, 6.07) is 0. The molecule has 0 bridgehead atoms. The second-order valence-corrected chi connectivity index (χ2v) is 3.24. The van der Waals surface area contributed by atoms with Crippen LogP contribution in [0.25, 0.3) is 0 Å². The SMILES string of the molecule is FC(F)(F)C(F)(F)COc1cnc(CCl)cn1. The van der Waals surface area contributed by atoms with Gasteiger partial charge in [0.25, 0.3) is 0 Å². The number of hydrogen-bond acceptors (Lipinski definition) is 3. The van der Waals surface area contributed by atoms with Crippen LogP contribution in [0, 0.1) is 0 Å². The third-order valence-electron chi connectivity index (χ3n) is 1.63. The van der Waals surface area contributed by atoms with Crippen LogP contribution < -0.4 is 4.74 Å². The predicted molar refractivity (Wildman–Crippen MR) is 48.1 cm³/mol. The van der Waals surface area contributed by atoms with Crippen LogP contribution in [-0.4, -0.2) is 28.7 Å². The lowest BCUT2D eigenvalue weighted by Gasteiger charge is -2.19. The molecule has 96 valence electrons. The summed E-state index contributed by atoms with van der Waals surface area (Å²) in [6.07, 6.45) is -3.62. The van der Waals surface area contributed by atoms with E-state index >= 15 is 0 Å². The van der Waals surface area contributed by atoms with E-state index in [0.717, 1.165) is 12.4 Å². The van der Waals surface area contributed by atoms with Gasteiger partial charge in [0, 0.05) is 0 Å². The molecule has 0 aromatic carbocycles. The van der Waals surface area contributed by atoms with Crippen LogP contribution in [0.5, 0.6) is 5.88 Å². The zero-order chi connectivity index (χ0) is 13.1. The Morgan fingerprint density at radius 3 is 2.18 bits per heavy atom. The van der Waals surface area contributed by atoms with E-state index in [1.54, 1.807) is 0 Å². The molecule has 0 atom stereocenters. The van der Waals surface area contributed by atoms with Crippen molar-refractivity contribution in [3.8, 4) is 5.88 Å². The lowest BCUT2D eigenvalue weighted by molar-refractivity contribution is -0.290. The van der Waals surface area contributed by atoms with Gasteiger partial charge in [0.15, 0.2) is 6.61 Å². The van der Waals surface area contributed by atoms with E-state index in [4.69, 9.17) is 11.6 Å². The van der Waals surface area contributed by atoms with Crippen molar-refractivity contribution in [3.05, 3.63) is 18.1 Å². The minimum atomic E-state index is -5.66. The van der Waals surface area contributed by atoms with Crippen molar-refractivity contribution in [3.63, 3.8) is 0 Å². The summed E-state index contributed by atoms with van der Waals surface area (Å²) < 4.78 is 64.4. The molecule has 0 fully saturated rings. The van der Waals surface area contributed by atoms with Crippen molar-refractivity contribution in [2.75, 3.05) is 6.61 Å². The molecule has 0 aliphatic rings. The first-order valence-electron chi connectivity index (χ1n) is 4.20. The van der Waals surface area contributed by atoms with E-state index in [0.29, 0.717) is 5.69 Å². The van der Waals surface area contributed by atoms with E-state index in [1.807, 2.05) is 0 Å². The topological polar surface area (TPSA) is 35.0 Å². The van der Waals surface area contributed by atoms with Crippen LogP contribution in [0.2, 0.25) is 0 Å². The quantitative estimate of drug-likeness (QED) is 0.626. The molecule has 0 amide bonds. The molecule has 1 aromatic rings. The Morgan fingerprint density at radius 1 is 1.12 bits per heavy atom. The molecule has 1 heterocycles. The minimum Gasteiger partial charge on any atom is -0.470 e. The van der Waals surface area contributed by atoms with Gasteiger partial charge in [-0.1, -0.05) is 0 Å². The second-order valence-electron chi connectivity index (χ2n) is 2.97. The van der Waals surface area contributed by atoms with Gasteiger partial charge in [-0.3, -0.25) is 4.98 Å². The average molecular weight is 277 g/mol. The van der Waals surface area contributed by atoms with Gasteiger partial charge in [-0.2, -0.15) is 22.0 Å². The van der Waals surface area contributed by atoms with Crippen LogP contribution in [-0.2, 0) is 5.88 Å². The van der Waals surface area contributed by atoms with Gasteiger partial charge in [0.1, 0.15) is 0 Å². The molecule has 0 aliphatic heterocycles. The summed E-state index contributed by atoms with van der Waals surface area (Å²) in [7, 11) is 0. The molecule has 0 saturated carbocycles. The average Bonchev–Trinajstić information content (AvgIpc) is 2.25. The Hall–Kier alpha value is -1.18. The number of aromatic nitrogens is 2.